The van der Waals surface area contributed by atoms with E-state index in [9.17, 15) is 4.79 Å². The number of aromatic amines is 1. The first-order chi connectivity index (χ1) is 12.2. The number of aromatic nitrogens is 3. The molecule has 0 radical (unpaired) electrons. The number of amides is 1. The summed E-state index contributed by atoms with van der Waals surface area (Å²) in [5, 5.41) is 13.2. The minimum Gasteiger partial charge on any atom is -0.352 e. The lowest BCUT2D eigenvalue weighted by molar-refractivity contribution is -0.122. The smallest absolute Gasteiger partial charge is 0.230 e. The predicted molar refractivity (Wildman–Crippen MR) is 99.4 cm³/mol. The van der Waals surface area contributed by atoms with Crippen molar-refractivity contribution in [1.82, 2.24) is 20.5 Å². The lowest BCUT2D eigenvalue weighted by atomic mass is 9.54. The summed E-state index contributed by atoms with van der Waals surface area (Å²) in [6.45, 7) is 0. The molecule has 1 amide bonds. The maximum absolute atomic E-state index is 12.4. The zero-order chi connectivity index (χ0) is 16.8. The highest BCUT2D eigenvalue weighted by Gasteiger charge is 2.48. The molecule has 4 aliphatic rings. The molecule has 2 aromatic rings. The molecule has 7 heteroatoms. The SMILES string of the molecule is O=C(CSc1n[nH]c(-c2cccs2)n1)NC1C2CC3CC(C2)CC1C3. The number of hydrogen-bond acceptors (Lipinski definition) is 5. The van der Waals surface area contributed by atoms with Gasteiger partial charge in [0, 0.05) is 6.04 Å². The van der Waals surface area contributed by atoms with E-state index in [-0.39, 0.29) is 5.91 Å². The van der Waals surface area contributed by atoms with E-state index in [1.165, 1.54) is 43.9 Å². The van der Waals surface area contributed by atoms with Gasteiger partial charge in [0.2, 0.25) is 11.1 Å². The fraction of sp³-hybridized carbons (Fsp3) is 0.611. The second-order valence-corrected chi connectivity index (χ2v) is 9.65. The van der Waals surface area contributed by atoms with Crippen LogP contribution < -0.4 is 5.32 Å². The van der Waals surface area contributed by atoms with Gasteiger partial charge in [-0.25, -0.2) is 4.98 Å². The normalized spacial score (nSPS) is 32.9. The summed E-state index contributed by atoms with van der Waals surface area (Å²) in [7, 11) is 0. The molecular weight excluding hydrogens is 352 g/mol. The van der Waals surface area contributed by atoms with E-state index in [4.69, 9.17) is 0 Å². The van der Waals surface area contributed by atoms with Crippen molar-refractivity contribution < 1.29 is 4.79 Å². The van der Waals surface area contributed by atoms with Gasteiger partial charge in [-0.15, -0.1) is 16.4 Å². The summed E-state index contributed by atoms with van der Waals surface area (Å²) in [5.74, 6) is 4.62. The number of rotatable bonds is 5. The molecule has 0 unspecified atom stereocenters. The fourth-order valence-electron chi connectivity index (χ4n) is 5.35. The van der Waals surface area contributed by atoms with Crippen molar-refractivity contribution in [3.8, 4) is 10.7 Å². The molecule has 4 aliphatic carbocycles. The van der Waals surface area contributed by atoms with Crippen molar-refractivity contribution in [2.45, 2.75) is 43.3 Å². The first kappa shape index (κ1) is 15.9. The van der Waals surface area contributed by atoms with Gasteiger partial charge >= 0.3 is 0 Å². The van der Waals surface area contributed by atoms with Crippen LogP contribution in [-0.4, -0.2) is 32.9 Å². The van der Waals surface area contributed by atoms with Crippen LogP contribution in [0.25, 0.3) is 10.7 Å². The summed E-state index contributed by atoms with van der Waals surface area (Å²) in [6.07, 6.45) is 6.76. The first-order valence-electron chi connectivity index (χ1n) is 9.13. The van der Waals surface area contributed by atoms with Crippen LogP contribution in [0, 0.1) is 23.7 Å². The van der Waals surface area contributed by atoms with Crippen LogP contribution in [0.15, 0.2) is 22.7 Å². The quantitative estimate of drug-likeness (QED) is 0.785. The summed E-state index contributed by atoms with van der Waals surface area (Å²) in [4.78, 5) is 18.0. The Hall–Kier alpha value is -1.34. The summed E-state index contributed by atoms with van der Waals surface area (Å²) < 4.78 is 0. The number of carbonyl (C=O) groups excluding carboxylic acids is 1. The number of hydrogen-bond donors (Lipinski definition) is 2. The van der Waals surface area contributed by atoms with Crippen molar-refractivity contribution in [2.24, 2.45) is 23.7 Å². The fourth-order valence-corrected chi connectivity index (χ4v) is 6.63. The maximum atomic E-state index is 12.4. The van der Waals surface area contributed by atoms with Crippen molar-refractivity contribution in [2.75, 3.05) is 5.75 Å². The van der Waals surface area contributed by atoms with Crippen molar-refractivity contribution in [3.63, 3.8) is 0 Å². The van der Waals surface area contributed by atoms with E-state index in [1.807, 2.05) is 17.5 Å². The molecule has 0 atom stereocenters. The second-order valence-electron chi connectivity index (χ2n) is 7.76. The third-order valence-corrected chi connectivity index (χ3v) is 7.83. The number of H-pyrrole nitrogens is 1. The highest BCUT2D eigenvalue weighted by molar-refractivity contribution is 7.99. The average Bonchev–Trinajstić information content (AvgIpc) is 3.26. The van der Waals surface area contributed by atoms with E-state index in [1.54, 1.807) is 11.3 Å². The van der Waals surface area contributed by atoms with Gasteiger partial charge in [-0.3, -0.25) is 9.89 Å². The molecule has 0 aliphatic heterocycles. The Morgan fingerprint density at radius 1 is 1.24 bits per heavy atom. The average molecular weight is 375 g/mol. The molecule has 5 nitrogen and oxygen atoms in total. The Balaban J connectivity index is 1.16. The van der Waals surface area contributed by atoms with Crippen LogP contribution in [0.5, 0.6) is 0 Å². The topological polar surface area (TPSA) is 70.7 Å². The standard InChI is InChI=1S/C18H22N4OS2/c23-15(9-25-18-20-17(21-22-18)14-2-1-3-24-14)19-16-12-5-10-4-11(7-12)8-13(16)6-10/h1-3,10-13,16H,4-9H2,(H,19,23)(H,20,21,22). The lowest BCUT2D eigenvalue weighted by Gasteiger charge is -2.54. The molecule has 4 fully saturated rings. The lowest BCUT2D eigenvalue weighted by Crippen LogP contribution is -2.56. The van der Waals surface area contributed by atoms with Gasteiger partial charge in [0.15, 0.2) is 5.82 Å². The van der Waals surface area contributed by atoms with Crippen LogP contribution in [0.1, 0.15) is 32.1 Å². The van der Waals surface area contributed by atoms with Gasteiger partial charge in [0.25, 0.3) is 0 Å². The van der Waals surface area contributed by atoms with Crippen molar-refractivity contribution in [3.05, 3.63) is 17.5 Å². The molecule has 4 bridgehead atoms. The zero-order valence-electron chi connectivity index (χ0n) is 14.0. The molecule has 0 spiro atoms. The molecule has 6 rings (SSSR count). The van der Waals surface area contributed by atoms with Crippen molar-refractivity contribution >= 4 is 29.0 Å². The van der Waals surface area contributed by atoms with Crippen LogP contribution in [0.4, 0.5) is 0 Å². The van der Waals surface area contributed by atoms with Gasteiger partial charge < -0.3 is 5.32 Å². The summed E-state index contributed by atoms with van der Waals surface area (Å²) in [6, 6.07) is 4.42. The molecule has 132 valence electrons. The predicted octanol–water partition coefficient (Wildman–Crippen LogP) is 3.57. The van der Waals surface area contributed by atoms with E-state index in [0.29, 0.717) is 17.0 Å². The molecule has 2 aromatic heterocycles. The molecular formula is C18H22N4OS2. The van der Waals surface area contributed by atoms with Crippen LogP contribution >= 0.6 is 23.1 Å². The Morgan fingerprint density at radius 2 is 2.00 bits per heavy atom. The first-order valence-corrected chi connectivity index (χ1v) is 11.0. The van der Waals surface area contributed by atoms with Gasteiger partial charge in [0.1, 0.15) is 0 Å². The third-order valence-electron chi connectivity index (χ3n) is 6.11. The minimum absolute atomic E-state index is 0.130. The Kier molecular flexibility index (Phi) is 4.08. The monoisotopic (exact) mass is 374 g/mol. The van der Waals surface area contributed by atoms with E-state index >= 15 is 0 Å². The van der Waals surface area contributed by atoms with Crippen LogP contribution in [-0.2, 0) is 4.79 Å². The number of nitrogens with zero attached hydrogens (tertiary/aromatic N) is 2. The largest absolute Gasteiger partial charge is 0.352 e. The highest BCUT2D eigenvalue weighted by atomic mass is 32.2. The number of nitrogens with one attached hydrogen (secondary N) is 2. The summed E-state index contributed by atoms with van der Waals surface area (Å²) in [5.41, 5.74) is 0. The van der Waals surface area contributed by atoms with Crippen LogP contribution in [0.3, 0.4) is 0 Å². The Morgan fingerprint density at radius 3 is 2.68 bits per heavy atom. The molecule has 2 heterocycles. The van der Waals surface area contributed by atoms with Gasteiger partial charge in [0.05, 0.1) is 10.6 Å². The van der Waals surface area contributed by atoms with Gasteiger partial charge in [-0.05, 0) is 67.2 Å². The highest BCUT2D eigenvalue weighted by Crippen LogP contribution is 2.53. The number of thiophene rings is 1. The molecule has 2 N–H and O–H groups in total. The molecule has 0 saturated heterocycles. The molecule has 25 heavy (non-hydrogen) atoms. The summed E-state index contributed by atoms with van der Waals surface area (Å²) >= 11 is 3.04. The van der Waals surface area contributed by atoms with E-state index in [0.717, 1.165) is 34.4 Å². The second kappa shape index (κ2) is 6.43. The van der Waals surface area contributed by atoms with E-state index < -0.39 is 0 Å². The number of carbonyl (C=O) groups is 1. The Labute approximate surface area is 155 Å². The Bertz CT molecular complexity index is 729. The van der Waals surface area contributed by atoms with E-state index in [2.05, 4.69) is 20.5 Å². The molecule has 0 aromatic carbocycles. The van der Waals surface area contributed by atoms with Gasteiger partial charge in [-0.1, -0.05) is 17.8 Å². The number of thioether (sulfide) groups is 1. The maximum Gasteiger partial charge on any atom is 0.230 e. The minimum atomic E-state index is 0.130. The zero-order valence-corrected chi connectivity index (χ0v) is 15.6. The van der Waals surface area contributed by atoms with Crippen molar-refractivity contribution in [1.29, 1.82) is 0 Å². The van der Waals surface area contributed by atoms with Crippen LogP contribution in [0.2, 0.25) is 0 Å². The van der Waals surface area contributed by atoms with Gasteiger partial charge in [-0.2, -0.15) is 0 Å². The third kappa shape index (κ3) is 3.12. The molecule has 4 saturated carbocycles.